The Hall–Kier alpha value is -2.25. The molecule has 0 aromatic heterocycles. The number of piperazine rings is 1. The van der Waals surface area contributed by atoms with Gasteiger partial charge in [-0.3, -0.25) is 9.59 Å². The van der Waals surface area contributed by atoms with Crippen LogP contribution in [-0.2, 0) is 9.59 Å². The molecule has 7 nitrogen and oxygen atoms in total. The molecule has 1 heterocycles. The molecular weight excluding hydrogens is 334 g/mol. The van der Waals surface area contributed by atoms with Crippen LogP contribution in [0.3, 0.4) is 0 Å². The number of carbonyl (C=O) groups is 2. The highest BCUT2D eigenvalue weighted by molar-refractivity contribution is 5.92. The van der Waals surface area contributed by atoms with Gasteiger partial charge in [-0.2, -0.15) is 0 Å². The Morgan fingerprint density at radius 2 is 2.00 bits per heavy atom. The molecule has 0 radical (unpaired) electrons. The van der Waals surface area contributed by atoms with E-state index >= 15 is 0 Å². The number of methoxy groups -OCH3 is 1. The van der Waals surface area contributed by atoms with Gasteiger partial charge >= 0.3 is 0 Å². The molecule has 3 N–H and O–H groups in total. The van der Waals surface area contributed by atoms with Crippen molar-refractivity contribution in [3.63, 3.8) is 0 Å². The second-order valence-corrected chi connectivity index (χ2v) is 5.07. The van der Waals surface area contributed by atoms with Gasteiger partial charge in [0, 0.05) is 32.3 Å². The van der Waals surface area contributed by atoms with Crippen molar-refractivity contribution in [1.29, 1.82) is 0 Å². The molecule has 0 saturated carbocycles. The maximum absolute atomic E-state index is 12.1. The number of nitrogens with two attached hydrogens (primary N) is 1. The standard InChI is InChI=1S/C16H21N3O4.ClH/c1-22-14-10-12(2-4-13(14)23-11-15(17)20)3-5-16(21)19-8-6-18-7-9-19;/h2-5,10,18H,6-9,11H2,1H3,(H2,17,20);1H/b5-3+;. The van der Waals surface area contributed by atoms with E-state index in [0.29, 0.717) is 24.6 Å². The summed E-state index contributed by atoms with van der Waals surface area (Å²) in [6.45, 7) is 2.85. The van der Waals surface area contributed by atoms with Gasteiger partial charge in [0.1, 0.15) is 0 Å². The van der Waals surface area contributed by atoms with Gasteiger partial charge in [-0.05, 0) is 23.8 Å². The first kappa shape index (κ1) is 19.8. The molecule has 1 aliphatic heterocycles. The van der Waals surface area contributed by atoms with E-state index in [1.54, 1.807) is 35.3 Å². The molecular formula is C16H22ClN3O4. The summed E-state index contributed by atoms with van der Waals surface area (Å²) >= 11 is 0. The second kappa shape index (κ2) is 9.79. The first-order chi connectivity index (χ1) is 11.1. The van der Waals surface area contributed by atoms with Gasteiger partial charge in [-0.15, -0.1) is 12.4 Å². The van der Waals surface area contributed by atoms with Gasteiger partial charge in [-0.25, -0.2) is 0 Å². The summed E-state index contributed by atoms with van der Waals surface area (Å²) in [4.78, 5) is 24.6. The van der Waals surface area contributed by atoms with E-state index < -0.39 is 5.91 Å². The Balaban J connectivity index is 0.00000288. The van der Waals surface area contributed by atoms with Crippen molar-refractivity contribution in [1.82, 2.24) is 10.2 Å². The minimum Gasteiger partial charge on any atom is -0.493 e. The molecule has 0 unspecified atom stereocenters. The lowest BCUT2D eigenvalue weighted by atomic mass is 10.2. The average Bonchev–Trinajstić information content (AvgIpc) is 2.58. The molecule has 1 aliphatic rings. The molecule has 1 aromatic rings. The molecule has 8 heteroatoms. The number of rotatable bonds is 6. The van der Waals surface area contributed by atoms with Crippen LogP contribution in [0.25, 0.3) is 6.08 Å². The van der Waals surface area contributed by atoms with Crippen LogP contribution >= 0.6 is 12.4 Å². The van der Waals surface area contributed by atoms with E-state index in [-0.39, 0.29) is 24.9 Å². The van der Waals surface area contributed by atoms with Crippen molar-refractivity contribution in [2.45, 2.75) is 0 Å². The summed E-state index contributed by atoms with van der Waals surface area (Å²) in [6, 6.07) is 5.19. The van der Waals surface area contributed by atoms with Crippen LogP contribution in [0.2, 0.25) is 0 Å². The summed E-state index contributed by atoms with van der Waals surface area (Å²) in [5.74, 6) is 0.331. The highest BCUT2D eigenvalue weighted by atomic mass is 35.5. The summed E-state index contributed by atoms with van der Waals surface area (Å²) in [6.07, 6.45) is 3.27. The van der Waals surface area contributed by atoms with Crippen molar-refractivity contribution in [3.05, 3.63) is 29.8 Å². The Kier molecular flexibility index (Phi) is 8.08. The molecule has 132 valence electrons. The highest BCUT2D eigenvalue weighted by Gasteiger charge is 2.13. The van der Waals surface area contributed by atoms with Gasteiger partial charge in [0.2, 0.25) is 5.91 Å². The lowest BCUT2D eigenvalue weighted by molar-refractivity contribution is -0.126. The quantitative estimate of drug-likeness (QED) is 0.721. The van der Waals surface area contributed by atoms with Crippen LogP contribution in [0.4, 0.5) is 0 Å². The third kappa shape index (κ3) is 5.75. The van der Waals surface area contributed by atoms with Gasteiger partial charge < -0.3 is 25.4 Å². The Labute approximate surface area is 147 Å². The fourth-order valence-corrected chi connectivity index (χ4v) is 2.21. The fraction of sp³-hybridized carbons (Fsp3) is 0.375. The Bertz CT molecular complexity index is 601. The highest BCUT2D eigenvalue weighted by Crippen LogP contribution is 2.28. The number of amides is 2. The molecule has 0 atom stereocenters. The molecule has 2 amide bonds. The molecule has 0 spiro atoms. The van der Waals surface area contributed by atoms with Gasteiger partial charge in [0.05, 0.1) is 7.11 Å². The van der Waals surface area contributed by atoms with Gasteiger partial charge in [0.15, 0.2) is 18.1 Å². The van der Waals surface area contributed by atoms with E-state index in [0.717, 1.165) is 18.7 Å². The van der Waals surface area contributed by atoms with Gasteiger partial charge in [-0.1, -0.05) is 6.07 Å². The minimum atomic E-state index is -0.558. The third-order valence-corrected chi connectivity index (χ3v) is 3.40. The minimum absolute atomic E-state index is 0. The van der Waals surface area contributed by atoms with E-state index in [4.69, 9.17) is 15.2 Å². The van der Waals surface area contributed by atoms with Crippen LogP contribution in [0.1, 0.15) is 5.56 Å². The Morgan fingerprint density at radius 3 is 2.62 bits per heavy atom. The number of primary amides is 1. The predicted molar refractivity (Wildman–Crippen MR) is 93.4 cm³/mol. The van der Waals surface area contributed by atoms with Gasteiger partial charge in [0.25, 0.3) is 5.91 Å². The molecule has 1 aromatic carbocycles. The van der Waals surface area contributed by atoms with Crippen molar-refractivity contribution >= 4 is 30.3 Å². The van der Waals surface area contributed by atoms with Crippen LogP contribution < -0.4 is 20.5 Å². The first-order valence-electron chi connectivity index (χ1n) is 7.37. The summed E-state index contributed by atoms with van der Waals surface area (Å²) < 4.78 is 10.5. The maximum atomic E-state index is 12.1. The molecule has 1 fully saturated rings. The lowest BCUT2D eigenvalue weighted by Gasteiger charge is -2.26. The zero-order valence-corrected chi connectivity index (χ0v) is 14.3. The van der Waals surface area contributed by atoms with E-state index in [9.17, 15) is 9.59 Å². The monoisotopic (exact) mass is 355 g/mol. The number of hydrogen-bond acceptors (Lipinski definition) is 5. The van der Waals surface area contributed by atoms with Crippen LogP contribution in [0.5, 0.6) is 11.5 Å². The number of halogens is 1. The largest absolute Gasteiger partial charge is 0.493 e. The molecule has 1 saturated heterocycles. The second-order valence-electron chi connectivity index (χ2n) is 5.07. The zero-order valence-electron chi connectivity index (χ0n) is 13.5. The first-order valence-corrected chi connectivity index (χ1v) is 7.37. The van der Waals surface area contributed by atoms with Crippen molar-refractivity contribution in [3.8, 4) is 11.5 Å². The van der Waals surface area contributed by atoms with E-state index in [2.05, 4.69) is 5.32 Å². The smallest absolute Gasteiger partial charge is 0.255 e. The van der Waals surface area contributed by atoms with Crippen molar-refractivity contribution < 1.29 is 19.1 Å². The lowest BCUT2D eigenvalue weighted by Crippen LogP contribution is -2.45. The van der Waals surface area contributed by atoms with Crippen LogP contribution in [0, 0.1) is 0 Å². The summed E-state index contributed by atoms with van der Waals surface area (Å²) in [7, 11) is 1.51. The molecule has 2 rings (SSSR count). The average molecular weight is 356 g/mol. The number of benzene rings is 1. The van der Waals surface area contributed by atoms with E-state index in [1.807, 2.05) is 0 Å². The van der Waals surface area contributed by atoms with E-state index in [1.165, 1.54) is 7.11 Å². The van der Waals surface area contributed by atoms with Crippen molar-refractivity contribution in [2.75, 3.05) is 39.9 Å². The molecule has 0 bridgehead atoms. The normalized spacial score (nSPS) is 14.1. The SMILES string of the molecule is COc1cc(/C=C/C(=O)N2CCNCC2)ccc1OCC(N)=O.Cl. The fourth-order valence-electron chi connectivity index (χ4n) is 2.21. The predicted octanol–water partition coefficient (Wildman–Crippen LogP) is 0.426. The van der Waals surface area contributed by atoms with Crippen LogP contribution in [-0.4, -0.2) is 56.6 Å². The topological polar surface area (TPSA) is 93.9 Å². The number of hydrogen-bond donors (Lipinski definition) is 2. The number of ether oxygens (including phenoxy) is 2. The maximum Gasteiger partial charge on any atom is 0.255 e. The molecule has 24 heavy (non-hydrogen) atoms. The summed E-state index contributed by atoms with van der Waals surface area (Å²) in [5.41, 5.74) is 5.85. The zero-order chi connectivity index (χ0) is 16.7. The van der Waals surface area contributed by atoms with Crippen molar-refractivity contribution in [2.24, 2.45) is 5.73 Å². The number of carbonyl (C=O) groups excluding carboxylic acids is 2. The summed E-state index contributed by atoms with van der Waals surface area (Å²) in [5, 5.41) is 3.20. The number of nitrogens with zero attached hydrogens (tertiary/aromatic N) is 1. The number of nitrogens with one attached hydrogen (secondary N) is 1. The Morgan fingerprint density at radius 1 is 1.29 bits per heavy atom. The molecule has 0 aliphatic carbocycles. The van der Waals surface area contributed by atoms with Crippen LogP contribution in [0.15, 0.2) is 24.3 Å². The third-order valence-electron chi connectivity index (χ3n) is 3.40.